The van der Waals surface area contributed by atoms with Gasteiger partial charge in [0.25, 0.3) is 0 Å². The van der Waals surface area contributed by atoms with E-state index in [1.807, 2.05) is 25.7 Å². The van der Waals surface area contributed by atoms with Gasteiger partial charge in [-0.05, 0) is 41.2 Å². The maximum absolute atomic E-state index is 12.1. The van der Waals surface area contributed by atoms with Crippen molar-refractivity contribution in [3.05, 3.63) is 0 Å². The summed E-state index contributed by atoms with van der Waals surface area (Å²) in [6.45, 7) is 17.4. The molecule has 1 aliphatic rings. The standard InChI is InChI=1S/C17H35N5O2/c1-7-20(14(2)3)9-8-19-15(18)21-10-12-22(13-11-21)16(23)24-17(4,5)6/h14H,7-13H2,1-6H3,(H2,18,19). The minimum Gasteiger partial charge on any atom is -0.444 e. The molecule has 0 aromatic heterocycles. The Morgan fingerprint density at radius 2 is 1.75 bits per heavy atom. The summed E-state index contributed by atoms with van der Waals surface area (Å²) in [5.74, 6) is 0.568. The Morgan fingerprint density at radius 1 is 1.21 bits per heavy atom. The summed E-state index contributed by atoms with van der Waals surface area (Å²) in [6.07, 6.45) is -0.256. The summed E-state index contributed by atoms with van der Waals surface area (Å²) in [5.41, 5.74) is 5.64. The first-order valence-corrected chi connectivity index (χ1v) is 8.91. The third kappa shape index (κ3) is 6.95. The number of aliphatic imine (C=N–C) groups is 1. The minimum absolute atomic E-state index is 0.256. The maximum Gasteiger partial charge on any atom is 0.410 e. The van der Waals surface area contributed by atoms with Crippen LogP contribution in [-0.4, -0.2) is 84.2 Å². The molecular formula is C17H35N5O2. The number of hydrogen-bond donors (Lipinski definition) is 1. The first-order chi connectivity index (χ1) is 11.1. The molecule has 0 radical (unpaired) electrons. The van der Waals surface area contributed by atoms with Crippen molar-refractivity contribution in [3.63, 3.8) is 0 Å². The number of piperazine rings is 1. The molecule has 2 N–H and O–H groups in total. The number of guanidine groups is 1. The highest BCUT2D eigenvalue weighted by Gasteiger charge is 2.26. The number of carbonyl (C=O) groups excluding carboxylic acids is 1. The molecule has 7 heteroatoms. The van der Waals surface area contributed by atoms with Gasteiger partial charge in [0.2, 0.25) is 0 Å². The molecule has 0 atom stereocenters. The molecule has 0 saturated carbocycles. The Kier molecular flexibility index (Phi) is 7.79. The highest BCUT2D eigenvalue weighted by atomic mass is 16.6. The predicted octanol–water partition coefficient (Wildman–Crippen LogP) is 1.58. The van der Waals surface area contributed by atoms with Crippen LogP contribution in [0.3, 0.4) is 0 Å². The van der Waals surface area contributed by atoms with E-state index < -0.39 is 5.60 Å². The summed E-state index contributed by atoms with van der Waals surface area (Å²) in [6, 6.07) is 0.517. The second-order valence-electron chi connectivity index (χ2n) is 7.42. The zero-order chi connectivity index (χ0) is 18.3. The highest BCUT2D eigenvalue weighted by molar-refractivity contribution is 5.78. The van der Waals surface area contributed by atoms with Crippen LogP contribution < -0.4 is 5.73 Å². The van der Waals surface area contributed by atoms with Crippen molar-refractivity contribution in [3.8, 4) is 0 Å². The number of hydrogen-bond acceptors (Lipinski definition) is 4. The van der Waals surface area contributed by atoms with Crippen LogP contribution in [0.4, 0.5) is 4.79 Å². The summed E-state index contributed by atoms with van der Waals surface area (Å²) in [7, 11) is 0. The van der Waals surface area contributed by atoms with E-state index in [0.29, 0.717) is 44.7 Å². The monoisotopic (exact) mass is 341 g/mol. The molecule has 1 fully saturated rings. The van der Waals surface area contributed by atoms with Crippen LogP contribution in [0.25, 0.3) is 0 Å². The molecule has 0 aliphatic carbocycles. The van der Waals surface area contributed by atoms with Gasteiger partial charge in [-0.1, -0.05) is 6.92 Å². The lowest BCUT2D eigenvalue weighted by atomic mass is 10.2. The molecular weight excluding hydrogens is 306 g/mol. The summed E-state index contributed by atoms with van der Waals surface area (Å²) < 4.78 is 5.40. The second kappa shape index (κ2) is 9.11. The minimum atomic E-state index is -0.462. The number of carbonyl (C=O) groups is 1. The molecule has 24 heavy (non-hydrogen) atoms. The number of ether oxygens (including phenoxy) is 1. The van der Waals surface area contributed by atoms with E-state index in [2.05, 4.69) is 30.7 Å². The van der Waals surface area contributed by atoms with Gasteiger partial charge in [-0.25, -0.2) is 4.79 Å². The maximum atomic E-state index is 12.1. The molecule has 140 valence electrons. The topological polar surface area (TPSA) is 74.4 Å². The van der Waals surface area contributed by atoms with Crippen LogP contribution in [-0.2, 0) is 4.74 Å². The first-order valence-electron chi connectivity index (χ1n) is 8.91. The molecule has 1 amide bonds. The summed E-state index contributed by atoms with van der Waals surface area (Å²) in [5, 5.41) is 0. The van der Waals surface area contributed by atoms with Gasteiger partial charge in [-0.15, -0.1) is 0 Å². The van der Waals surface area contributed by atoms with E-state index in [-0.39, 0.29) is 6.09 Å². The predicted molar refractivity (Wildman–Crippen MR) is 98.3 cm³/mol. The van der Waals surface area contributed by atoms with Crippen LogP contribution in [0, 0.1) is 0 Å². The van der Waals surface area contributed by atoms with Crippen molar-refractivity contribution in [2.75, 3.05) is 45.8 Å². The van der Waals surface area contributed by atoms with Gasteiger partial charge in [0.05, 0.1) is 6.54 Å². The Morgan fingerprint density at radius 3 is 2.21 bits per heavy atom. The van der Waals surface area contributed by atoms with Gasteiger partial charge in [0.1, 0.15) is 5.60 Å². The van der Waals surface area contributed by atoms with E-state index in [9.17, 15) is 4.79 Å². The Balaban J connectivity index is 2.41. The van der Waals surface area contributed by atoms with Crippen molar-refractivity contribution < 1.29 is 9.53 Å². The van der Waals surface area contributed by atoms with Gasteiger partial charge in [0, 0.05) is 38.8 Å². The SMILES string of the molecule is CCN(CCN=C(N)N1CCN(C(=O)OC(C)(C)C)CC1)C(C)C. The van der Waals surface area contributed by atoms with Gasteiger partial charge in [0.15, 0.2) is 5.96 Å². The van der Waals surface area contributed by atoms with Gasteiger partial charge >= 0.3 is 6.09 Å². The van der Waals surface area contributed by atoms with Crippen LogP contribution in [0.1, 0.15) is 41.5 Å². The van der Waals surface area contributed by atoms with Gasteiger partial charge in [-0.3, -0.25) is 9.89 Å². The van der Waals surface area contributed by atoms with E-state index >= 15 is 0 Å². The number of rotatable bonds is 5. The molecule has 0 spiro atoms. The van der Waals surface area contributed by atoms with Crippen molar-refractivity contribution in [1.82, 2.24) is 14.7 Å². The Labute approximate surface area is 146 Å². The largest absolute Gasteiger partial charge is 0.444 e. The van der Waals surface area contributed by atoms with E-state index in [1.54, 1.807) is 4.90 Å². The number of nitrogens with two attached hydrogens (primary N) is 1. The van der Waals surface area contributed by atoms with Gasteiger partial charge in [-0.2, -0.15) is 0 Å². The van der Waals surface area contributed by atoms with Crippen molar-refractivity contribution >= 4 is 12.1 Å². The highest BCUT2D eigenvalue weighted by Crippen LogP contribution is 2.11. The average molecular weight is 342 g/mol. The van der Waals surface area contributed by atoms with Crippen LogP contribution in [0.2, 0.25) is 0 Å². The second-order valence-corrected chi connectivity index (χ2v) is 7.42. The lowest BCUT2D eigenvalue weighted by molar-refractivity contribution is 0.0186. The molecule has 1 heterocycles. The quantitative estimate of drug-likeness (QED) is 0.607. The normalized spacial score (nSPS) is 16.9. The zero-order valence-corrected chi connectivity index (χ0v) is 16.2. The number of nitrogens with zero attached hydrogens (tertiary/aromatic N) is 4. The molecule has 1 aliphatic heterocycles. The lowest BCUT2D eigenvalue weighted by Gasteiger charge is -2.36. The molecule has 0 bridgehead atoms. The van der Waals surface area contributed by atoms with Crippen molar-refractivity contribution in [1.29, 1.82) is 0 Å². The van der Waals surface area contributed by atoms with Crippen LogP contribution in [0.5, 0.6) is 0 Å². The molecule has 0 aromatic rings. The van der Waals surface area contributed by atoms with Crippen molar-refractivity contribution in [2.45, 2.75) is 53.2 Å². The first kappa shape index (κ1) is 20.5. The van der Waals surface area contributed by atoms with Crippen LogP contribution >= 0.6 is 0 Å². The Bertz CT molecular complexity index is 423. The van der Waals surface area contributed by atoms with Crippen LogP contribution in [0.15, 0.2) is 4.99 Å². The lowest BCUT2D eigenvalue weighted by Crippen LogP contribution is -2.53. The molecule has 1 rings (SSSR count). The fraction of sp³-hybridized carbons (Fsp3) is 0.882. The average Bonchev–Trinajstić information content (AvgIpc) is 2.49. The smallest absolute Gasteiger partial charge is 0.410 e. The molecule has 7 nitrogen and oxygen atoms in total. The number of amides is 1. The summed E-state index contributed by atoms with van der Waals surface area (Å²) >= 11 is 0. The third-order valence-corrected chi connectivity index (χ3v) is 4.05. The van der Waals surface area contributed by atoms with Crippen molar-refractivity contribution in [2.24, 2.45) is 10.7 Å². The van der Waals surface area contributed by atoms with E-state index in [4.69, 9.17) is 10.5 Å². The zero-order valence-electron chi connectivity index (χ0n) is 16.2. The Hall–Kier alpha value is -1.50. The fourth-order valence-corrected chi connectivity index (χ4v) is 2.62. The molecule has 0 aromatic carbocycles. The van der Waals surface area contributed by atoms with Gasteiger partial charge < -0.3 is 20.3 Å². The third-order valence-electron chi connectivity index (χ3n) is 4.05. The van der Waals surface area contributed by atoms with E-state index in [1.165, 1.54) is 0 Å². The number of likely N-dealkylation sites (N-methyl/N-ethyl adjacent to an activating group) is 1. The fourth-order valence-electron chi connectivity index (χ4n) is 2.62. The molecule has 1 saturated heterocycles. The molecule has 0 unspecified atom stereocenters. The van der Waals surface area contributed by atoms with E-state index in [0.717, 1.165) is 13.1 Å². The summed E-state index contributed by atoms with van der Waals surface area (Å²) in [4.78, 5) is 22.7.